The zero-order valence-corrected chi connectivity index (χ0v) is 12.9. The van der Waals surface area contributed by atoms with Crippen molar-refractivity contribution in [3.63, 3.8) is 0 Å². The number of rotatable bonds is 4. The molecule has 21 heavy (non-hydrogen) atoms. The Morgan fingerprint density at radius 2 is 2.33 bits per heavy atom. The summed E-state index contributed by atoms with van der Waals surface area (Å²) in [4.78, 5) is 6.71. The molecule has 1 aromatic heterocycles. The molecule has 3 rings (SSSR count). The Balaban J connectivity index is 1.82. The van der Waals surface area contributed by atoms with Gasteiger partial charge in [0.2, 0.25) is 5.89 Å². The highest BCUT2D eigenvalue weighted by Crippen LogP contribution is 2.33. The van der Waals surface area contributed by atoms with Crippen LogP contribution in [0.3, 0.4) is 0 Å². The topological polar surface area (TPSA) is 51.4 Å². The van der Waals surface area contributed by atoms with Crippen LogP contribution in [0.4, 0.5) is 0 Å². The largest absolute Gasteiger partial charge is 0.496 e. The second kappa shape index (κ2) is 6.03. The molecular formula is C15H18ClN3O2. The molecule has 1 aliphatic rings. The molecule has 1 atom stereocenters. The van der Waals surface area contributed by atoms with Crippen molar-refractivity contribution < 1.29 is 9.26 Å². The molecular weight excluding hydrogens is 290 g/mol. The molecule has 0 N–H and O–H groups in total. The van der Waals surface area contributed by atoms with Gasteiger partial charge in [-0.3, -0.25) is 4.90 Å². The molecule has 1 fully saturated rings. The standard InChI is InChI=1S/C15H18ClN3O2/c1-10-17-15(18-21-10)13-4-3-7-19(13)9-11-8-12(16)5-6-14(11)20-2/h5-6,8,13H,3-4,7,9H2,1-2H3/t13-/m1/s1. The average molecular weight is 308 g/mol. The van der Waals surface area contributed by atoms with E-state index >= 15 is 0 Å². The first kappa shape index (κ1) is 14.4. The van der Waals surface area contributed by atoms with Gasteiger partial charge in [-0.05, 0) is 37.6 Å². The molecule has 112 valence electrons. The maximum atomic E-state index is 6.10. The molecule has 1 saturated heterocycles. The number of halogens is 1. The number of aryl methyl sites for hydroxylation is 1. The third kappa shape index (κ3) is 3.04. The first-order chi connectivity index (χ1) is 10.2. The Morgan fingerprint density at radius 1 is 1.48 bits per heavy atom. The summed E-state index contributed by atoms with van der Waals surface area (Å²) >= 11 is 6.10. The molecule has 5 nitrogen and oxygen atoms in total. The van der Waals surface area contributed by atoms with E-state index in [0.29, 0.717) is 5.89 Å². The fourth-order valence-electron chi connectivity index (χ4n) is 2.85. The lowest BCUT2D eigenvalue weighted by atomic mass is 10.1. The van der Waals surface area contributed by atoms with E-state index in [4.69, 9.17) is 20.9 Å². The summed E-state index contributed by atoms with van der Waals surface area (Å²) in [7, 11) is 1.68. The van der Waals surface area contributed by atoms with Crippen LogP contribution in [0.5, 0.6) is 5.75 Å². The van der Waals surface area contributed by atoms with Crippen LogP contribution >= 0.6 is 11.6 Å². The van der Waals surface area contributed by atoms with Gasteiger partial charge in [0, 0.05) is 24.1 Å². The Hall–Kier alpha value is -1.59. The maximum absolute atomic E-state index is 6.10. The van der Waals surface area contributed by atoms with Crippen LogP contribution in [-0.4, -0.2) is 28.7 Å². The smallest absolute Gasteiger partial charge is 0.223 e. The second-order valence-corrected chi connectivity index (χ2v) is 5.69. The van der Waals surface area contributed by atoms with Crippen LogP contribution in [0.2, 0.25) is 5.02 Å². The fourth-order valence-corrected chi connectivity index (χ4v) is 3.04. The molecule has 2 heterocycles. The van der Waals surface area contributed by atoms with E-state index in [1.807, 2.05) is 25.1 Å². The van der Waals surface area contributed by atoms with Crippen LogP contribution in [0.15, 0.2) is 22.7 Å². The van der Waals surface area contributed by atoms with Crippen LogP contribution in [-0.2, 0) is 6.54 Å². The minimum absolute atomic E-state index is 0.200. The minimum atomic E-state index is 0.200. The number of methoxy groups -OCH3 is 1. The van der Waals surface area contributed by atoms with Crippen LogP contribution in [0.1, 0.15) is 36.2 Å². The first-order valence-corrected chi connectivity index (χ1v) is 7.42. The second-order valence-electron chi connectivity index (χ2n) is 5.26. The lowest BCUT2D eigenvalue weighted by molar-refractivity contribution is 0.231. The SMILES string of the molecule is COc1ccc(Cl)cc1CN1CCC[C@@H]1c1noc(C)n1. The summed E-state index contributed by atoms with van der Waals surface area (Å²) in [6, 6.07) is 5.90. The molecule has 6 heteroatoms. The molecule has 1 aromatic carbocycles. The highest BCUT2D eigenvalue weighted by Gasteiger charge is 2.30. The number of aromatic nitrogens is 2. The lowest BCUT2D eigenvalue weighted by Crippen LogP contribution is -2.23. The van der Waals surface area contributed by atoms with Crippen LogP contribution in [0, 0.1) is 6.92 Å². The number of nitrogens with zero attached hydrogens (tertiary/aromatic N) is 3. The molecule has 0 saturated carbocycles. The van der Waals surface area contributed by atoms with Gasteiger partial charge >= 0.3 is 0 Å². The van der Waals surface area contributed by atoms with Crippen molar-refractivity contribution >= 4 is 11.6 Å². The van der Waals surface area contributed by atoms with Crippen LogP contribution in [0.25, 0.3) is 0 Å². The number of likely N-dealkylation sites (tertiary alicyclic amines) is 1. The Bertz CT molecular complexity index is 629. The van der Waals surface area contributed by atoms with Crippen molar-refractivity contribution in [2.75, 3.05) is 13.7 Å². The normalized spacial score (nSPS) is 19.1. The van der Waals surface area contributed by atoms with Gasteiger partial charge in [-0.1, -0.05) is 16.8 Å². The average Bonchev–Trinajstić information content (AvgIpc) is 3.08. The quantitative estimate of drug-likeness (QED) is 0.866. The van der Waals surface area contributed by atoms with Crippen LogP contribution < -0.4 is 4.74 Å². The Morgan fingerprint density at radius 3 is 3.05 bits per heavy atom. The van der Waals surface area contributed by atoms with Crippen molar-refractivity contribution in [1.82, 2.24) is 15.0 Å². The number of hydrogen-bond donors (Lipinski definition) is 0. The van der Waals surface area contributed by atoms with Gasteiger partial charge in [-0.15, -0.1) is 0 Å². The summed E-state index contributed by atoms with van der Waals surface area (Å²) in [5, 5.41) is 4.78. The number of benzene rings is 1. The van der Waals surface area contributed by atoms with E-state index in [-0.39, 0.29) is 6.04 Å². The van der Waals surface area contributed by atoms with Crippen molar-refractivity contribution in [3.05, 3.63) is 40.5 Å². The molecule has 0 unspecified atom stereocenters. The molecule has 0 radical (unpaired) electrons. The molecule has 0 aliphatic carbocycles. The summed E-state index contributed by atoms with van der Waals surface area (Å²) in [6.07, 6.45) is 2.17. The minimum Gasteiger partial charge on any atom is -0.496 e. The molecule has 0 amide bonds. The molecule has 1 aliphatic heterocycles. The summed E-state index contributed by atoms with van der Waals surface area (Å²) in [5.41, 5.74) is 1.08. The molecule has 0 spiro atoms. The van der Waals surface area contributed by atoms with Gasteiger partial charge in [-0.2, -0.15) is 4.98 Å². The van der Waals surface area contributed by atoms with Crippen molar-refractivity contribution in [3.8, 4) is 5.75 Å². The zero-order valence-electron chi connectivity index (χ0n) is 12.2. The Labute approximate surface area is 128 Å². The Kier molecular flexibility index (Phi) is 4.12. The van der Waals surface area contributed by atoms with E-state index in [9.17, 15) is 0 Å². The third-order valence-corrected chi connectivity index (χ3v) is 4.06. The van der Waals surface area contributed by atoms with Gasteiger partial charge in [0.1, 0.15) is 5.75 Å². The van der Waals surface area contributed by atoms with Crippen molar-refractivity contribution in [1.29, 1.82) is 0 Å². The van der Waals surface area contributed by atoms with Crippen molar-refractivity contribution in [2.45, 2.75) is 32.4 Å². The van der Waals surface area contributed by atoms with Gasteiger partial charge in [0.05, 0.1) is 13.2 Å². The van der Waals surface area contributed by atoms with E-state index in [1.165, 1.54) is 0 Å². The predicted octanol–water partition coefficient (Wildman–Crippen LogP) is 3.38. The highest BCUT2D eigenvalue weighted by molar-refractivity contribution is 6.30. The van der Waals surface area contributed by atoms with Gasteiger partial charge < -0.3 is 9.26 Å². The highest BCUT2D eigenvalue weighted by atomic mass is 35.5. The zero-order chi connectivity index (χ0) is 14.8. The van der Waals surface area contributed by atoms with E-state index in [1.54, 1.807) is 7.11 Å². The first-order valence-electron chi connectivity index (χ1n) is 7.04. The summed E-state index contributed by atoms with van der Waals surface area (Å²) in [5.74, 6) is 2.23. The lowest BCUT2D eigenvalue weighted by Gasteiger charge is -2.23. The maximum Gasteiger partial charge on any atom is 0.223 e. The van der Waals surface area contributed by atoms with Gasteiger partial charge in [0.25, 0.3) is 0 Å². The van der Waals surface area contributed by atoms with E-state index < -0.39 is 0 Å². The van der Waals surface area contributed by atoms with Gasteiger partial charge in [0.15, 0.2) is 5.82 Å². The van der Waals surface area contributed by atoms with E-state index in [0.717, 1.165) is 48.1 Å². The molecule has 0 bridgehead atoms. The molecule has 2 aromatic rings. The summed E-state index contributed by atoms with van der Waals surface area (Å²) in [6.45, 7) is 3.59. The number of ether oxygens (including phenoxy) is 1. The van der Waals surface area contributed by atoms with Gasteiger partial charge in [-0.25, -0.2) is 0 Å². The third-order valence-electron chi connectivity index (χ3n) is 3.82. The van der Waals surface area contributed by atoms with Crippen molar-refractivity contribution in [2.24, 2.45) is 0 Å². The monoisotopic (exact) mass is 307 g/mol. The van der Waals surface area contributed by atoms with E-state index in [2.05, 4.69) is 15.0 Å². The number of hydrogen-bond acceptors (Lipinski definition) is 5. The predicted molar refractivity (Wildman–Crippen MR) is 79.4 cm³/mol. The summed E-state index contributed by atoms with van der Waals surface area (Å²) < 4.78 is 10.5. The fraction of sp³-hybridized carbons (Fsp3) is 0.467.